The largest absolute Gasteiger partial charge is 0.451 e. The first-order valence-electron chi connectivity index (χ1n) is 7.50. The molecule has 2 amide bonds. The molecule has 0 fully saturated rings. The molecule has 0 saturated carbocycles. The molecular formula is C17H22N2O3. The van der Waals surface area contributed by atoms with Gasteiger partial charge in [0.15, 0.2) is 5.76 Å². The highest BCUT2D eigenvalue weighted by molar-refractivity contribution is 6.00. The number of likely N-dealkylation sites (N-methyl/N-ethyl adjacent to an activating group) is 2. The lowest BCUT2D eigenvalue weighted by atomic mass is 10.1. The maximum absolute atomic E-state index is 12.5. The Morgan fingerprint density at radius 2 is 1.77 bits per heavy atom. The van der Waals surface area contributed by atoms with Crippen molar-refractivity contribution in [2.45, 2.75) is 20.8 Å². The normalized spacial score (nSPS) is 10.7. The lowest BCUT2D eigenvalue weighted by Gasteiger charge is -2.22. The molecule has 0 aliphatic heterocycles. The van der Waals surface area contributed by atoms with Gasteiger partial charge in [0.2, 0.25) is 5.91 Å². The minimum Gasteiger partial charge on any atom is -0.451 e. The Kier molecular flexibility index (Phi) is 4.85. The van der Waals surface area contributed by atoms with E-state index in [1.54, 1.807) is 11.9 Å². The quantitative estimate of drug-likeness (QED) is 0.853. The third-order valence-corrected chi connectivity index (χ3v) is 3.87. The number of carbonyl (C=O) groups excluding carboxylic acids is 2. The van der Waals surface area contributed by atoms with Gasteiger partial charge in [-0.15, -0.1) is 0 Å². The lowest BCUT2D eigenvalue weighted by Crippen LogP contribution is -2.41. The Morgan fingerprint density at radius 1 is 1.14 bits per heavy atom. The van der Waals surface area contributed by atoms with Crippen LogP contribution >= 0.6 is 0 Å². The van der Waals surface area contributed by atoms with Gasteiger partial charge in [0.05, 0.1) is 6.54 Å². The van der Waals surface area contributed by atoms with Crippen LogP contribution in [0.4, 0.5) is 0 Å². The van der Waals surface area contributed by atoms with Crippen LogP contribution in [0.2, 0.25) is 0 Å². The molecule has 118 valence electrons. The highest BCUT2D eigenvalue weighted by Gasteiger charge is 2.23. The Hall–Kier alpha value is -2.30. The average Bonchev–Trinajstić information content (AvgIpc) is 2.85. The summed E-state index contributed by atoms with van der Waals surface area (Å²) in [7, 11) is 1.62. The monoisotopic (exact) mass is 302 g/mol. The number of hydrogen-bond acceptors (Lipinski definition) is 3. The van der Waals surface area contributed by atoms with Crippen LogP contribution in [0.15, 0.2) is 28.7 Å². The number of amides is 2. The van der Waals surface area contributed by atoms with Crippen LogP contribution in [0.1, 0.15) is 30.0 Å². The predicted octanol–water partition coefficient (Wildman–Crippen LogP) is 2.68. The summed E-state index contributed by atoms with van der Waals surface area (Å²) in [5.41, 5.74) is 1.49. The third-order valence-electron chi connectivity index (χ3n) is 3.87. The van der Waals surface area contributed by atoms with E-state index in [0.29, 0.717) is 24.4 Å². The third kappa shape index (κ3) is 2.98. The van der Waals surface area contributed by atoms with Crippen molar-refractivity contribution in [3.63, 3.8) is 0 Å². The van der Waals surface area contributed by atoms with Crippen molar-refractivity contribution in [3.8, 4) is 0 Å². The van der Waals surface area contributed by atoms with Crippen LogP contribution < -0.4 is 0 Å². The Balaban J connectivity index is 2.19. The number of rotatable bonds is 5. The van der Waals surface area contributed by atoms with Crippen molar-refractivity contribution in [3.05, 3.63) is 35.6 Å². The van der Waals surface area contributed by atoms with Gasteiger partial charge in [-0.05, 0) is 26.8 Å². The van der Waals surface area contributed by atoms with Gasteiger partial charge in [0, 0.05) is 31.1 Å². The molecule has 0 atom stereocenters. The molecule has 22 heavy (non-hydrogen) atoms. The maximum atomic E-state index is 12.5. The summed E-state index contributed by atoms with van der Waals surface area (Å²) >= 11 is 0. The van der Waals surface area contributed by atoms with E-state index in [4.69, 9.17) is 4.42 Å². The van der Waals surface area contributed by atoms with E-state index in [-0.39, 0.29) is 18.4 Å². The first-order chi connectivity index (χ1) is 10.5. The summed E-state index contributed by atoms with van der Waals surface area (Å²) in [5, 5.41) is 0.925. The molecule has 0 saturated heterocycles. The molecule has 0 radical (unpaired) electrons. The zero-order valence-corrected chi connectivity index (χ0v) is 13.5. The fourth-order valence-electron chi connectivity index (χ4n) is 2.50. The van der Waals surface area contributed by atoms with Crippen LogP contribution in [0.3, 0.4) is 0 Å². The van der Waals surface area contributed by atoms with Gasteiger partial charge in [-0.2, -0.15) is 0 Å². The topological polar surface area (TPSA) is 53.8 Å². The van der Waals surface area contributed by atoms with Crippen molar-refractivity contribution < 1.29 is 14.0 Å². The summed E-state index contributed by atoms with van der Waals surface area (Å²) in [5.74, 6) is -0.0279. The van der Waals surface area contributed by atoms with Gasteiger partial charge in [-0.3, -0.25) is 9.59 Å². The van der Waals surface area contributed by atoms with E-state index in [0.717, 1.165) is 10.9 Å². The van der Waals surface area contributed by atoms with E-state index < -0.39 is 0 Å². The van der Waals surface area contributed by atoms with Crippen LogP contribution in [-0.4, -0.2) is 48.3 Å². The molecule has 5 nitrogen and oxygen atoms in total. The standard InChI is InChI=1S/C17H22N2O3/c1-5-19(6-2)15(20)11-18(4)17(21)16-12(3)13-9-7-8-10-14(13)22-16/h7-10H,5-6,11H2,1-4H3. The smallest absolute Gasteiger partial charge is 0.290 e. The minimum absolute atomic E-state index is 0.0526. The van der Waals surface area contributed by atoms with Crippen LogP contribution in [0.5, 0.6) is 0 Å². The van der Waals surface area contributed by atoms with Gasteiger partial charge in [0.1, 0.15) is 5.58 Å². The SMILES string of the molecule is CCN(CC)C(=O)CN(C)C(=O)c1oc2ccccc2c1C. The summed E-state index contributed by atoms with van der Waals surface area (Å²) in [6, 6.07) is 7.53. The first-order valence-corrected chi connectivity index (χ1v) is 7.50. The summed E-state index contributed by atoms with van der Waals surface area (Å²) in [6.45, 7) is 7.04. The fourth-order valence-corrected chi connectivity index (χ4v) is 2.50. The first kappa shape index (κ1) is 16.1. The number of para-hydroxylation sites is 1. The number of hydrogen-bond donors (Lipinski definition) is 0. The highest BCUT2D eigenvalue weighted by Crippen LogP contribution is 2.25. The molecule has 0 spiro atoms. The number of fused-ring (bicyclic) bond motifs is 1. The Labute approximate surface area is 130 Å². The molecule has 2 rings (SSSR count). The van der Waals surface area contributed by atoms with Crippen molar-refractivity contribution in [1.82, 2.24) is 9.80 Å². The molecule has 1 heterocycles. The number of nitrogens with zero attached hydrogens (tertiary/aromatic N) is 2. The van der Waals surface area contributed by atoms with E-state index in [9.17, 15) is 9.59 Å². The molecule has 1 aromatic heterocycles. The van der Waals surface area contributed by atoms with Gasteiger partial charge in [-0.1, -0.05) is 18.2 Å². The number of benzene rings is 1. The highest BCUT2D eigenvalue weighted by atomic mass is 16.3. The van der Waals surface area contributed by atoms with Crippen molar-refractivity contribution in [2.24, 2.45) is 0 Å². The van der Waals surface area contributed by atoms with E-state index in [1.165, 1.54) is 4.90 Å². The number of aryl methyl sites for hydroxylation is 1. The molecule has 1 aromatic carbocycles. The molecule has 0 N–H and O–H groups in total. The average molecular weight is 302 g/mol. The molecule has 0 aliphatic carbocycles. The van der Waals surface area contributed by atoms with Gasteiger partial charge >= 0.3 is 0 Å². The Morgan fingerprint density at radius 3 is 2.36 bits per heavy atom. The molecule has 5 heteroatoms. The number of furan rings is 1. The second-order valence-electron chi connectivity index (χ2n) is 5.28. The van der Waals surface area contributed by atoms with Crippen LogP contribution in [-0.2, 0) is 4.79 Å². The summed E-state index contributed by atoms with van der Waals surface area (Å²) < 4.78 is 5.66. The van der Waals surface area contributed by atoms with Crippen molar-refractivity contribution in [1.29, 1.82) is 0 Å². The second-order valence-corrected chi connectivity index (χ2v) is 5.28. The van der Waals surface area contributed by atoms with Crippen molar-refractivity contribution in [2.75, 3.05) is 26.7 Å². The van der Waals surface area contributed by atoms with E-state index in [1.807, 2.05) is 45.0 Å². The summed E-state index contributed by atoms with van der Waals surface area (Å²) in [4.78, 5) is 27.8. The molecule has 0 unspecified atom stereocenters. The Bertz CT molecular complexity index is 686. The van der Waals surface area contributed by atoms with Gasteiger partial charge in [0.25, 0.3) is 5.91 Å². The fraction of sp³-hybridized carbons (Fsp3) is 0.412. The molecule has 0 bridgehead atoms. The zero-order chi connectivity index (χ0) is 16.3. The minimum atomic E-state index is -0.269. The number of carbonyl (C=O) groups is 2. The second kappa shape index (κ2) is 6.64. The van der Waals surface area contributed by atoms with E-state index in [2.05, 4.69) is 0 Å². The molecular weight excluding hydrogens is 280 g/mol. The zero-order valence-electron chi connectivity index (χ0n) is 13.5. The summed E-state index contributed by atoms with van der Waals surface area (Å²) in [6.07, 6.45) is 0. The van der Waals surface area contributed by atoms with E-state index >= 15 is 0 Å². The lowest BCUT2D eigenvalue weighted by molar-refractivity contribution is -0.131. The van der Waals surface area contributed by atoms with Crippen LogP contribution in [0, 0.1) is 6.92 Å². The molecule has 2 aromatic rings. The van der Waals surface area contributed by atoms with Crippen LogP contribution in [0.25, 0.3) is 11.0 Å². The predicted molar refractivity (Wildman–Crippen MR) is 85.8 cm³/mol. The van der Waals surface area contributed by atoms with Crippen molar-refractivity contribution >= 4 is 22.8 Å². The van der Waals surface area contributed by atoms with Gasteiger partial charge < -0.3 is 14.2 Å². The van der Waals surface area contributed by atoms with Gasteiger partial charge in [-0.25, -0.2) is 0 Å². The molecule has 0 aliphatic rings. The maximum Gasteiger partial charge on any atom is 0.290 e.